The monoisotopic (exact) mass is 500 g/mol. The van der Waals surface area contributed by atoms with E-state index in [1.165, 1.54) is 18.9 Å². The van der Waals surface area contributed by atoms with E-state index in [0.29, 0.717) is 34.0 Å². The van der Waals surface area contributed by atoms with Gasteiger partial charge in [0.15, 0.2) is 0 Å². The Morgan fingerprint density at radius 3 is 2.30 bits per heavy atom. The van der Waals surface area contributed by atoms with Gasteiger partial charge in [-0.05, 0) is 66.9 Å². The Morgan fingerprint density at radius 2 is 1.68 bits per heavy atom. The molecule has 3 aromatic rings. The summed E-state index contributed by atoms with van der Waals surface area (Å²) in [5.74, 6) is -1.22. The van der Waals surface area contributed by atoms with Crippen LogP contribution in [-0.4, -0.2) is 36.9 Å². The molecule has 1 atom stereocenters. The van der Waals surface area contributed by atoms with Crippen LogP contribution in [0.2, 0.25) is 0 Å². The van der Waals surface area contributed by atoms with E-state index in [1.807, 2.05) is 19.9 Å². The fourth-order valence-corrected chi connectivity index (χ4v) is 4.68. The van der Waals surface area contributed by atoms with Gasteiger partial charge < -0.3 is 19.9 Å². The molecule has 0 bridgehead atoms. The van der Waals surface area contributed by atoms with E-state index in [9.17, 15) is 19.5 Å². The maximum atomic E-state index is 13.5. The normalized spacial score (nSPS) is 16.6. The first-order valence-electron chi connectivity index (χ1n) is 11.6. The number of nitrogens with one attached hydrogen (secondary N) is 1. The number of hydrogen-bond acceptors (Lipinski definition) is 6. The molecule has 4 rings (SSSR count). The van der Waals surface area contributed by atoms with E-state index >= 15 is 0 Å². The molecule has 0 radical (unpaired) electrons. The molecule has 2 amide bonds. The molecule has 8 heteroatoms. The number of amides is 2. The van der Waals surface area contributed by atoms with E-state index in [-0.39, 0.29) is 17.2 Å². The Balaban J connectivity index is 1.97. The highest BCUT2D eigenvalue weighted by molar-refractivity contribution is 6.51. The molecule has 0 saturated carbocycles. The van der Waals surface area contributed by atoms with Crippen LogP contribution < -0.4 is 19.7 Å². The molecule has 1 saturated heterocycles. The Bertz CT molecular complexity index is 1420. The van der Waals surface area contributed by atoms with Crippen molar-refractivity contribution in [2.24, 2.45) is 0 Å². The van der Waals surface area contributed by atoms with E-state index in [4.69, 9.17) is 9.47 Å². The average Bonchev–Trinajstić information content (AvgIpc) is 3.13. The number of aryl methyl sites for hydroxylation is 2. The van der Waals surface area contributed by atoms with Crippen molar-refractivity contribution in [2.45, 2.75) is 26.8 Å². The topological polar surface area (TPSA) is 105 Å². The zero-order valence-corrected chi connectivity index (χ0v) is 21.3. The summed E-state index contributed by atoms with van der Waals surface area (Å²) in [4.78, 5) is 39.9. The minimum Gasteiger partial charge on any atom is -0.507 e. The molecule has 1 aliphatic rings. The number of anilines is 2. The van der Waals surface area contributed by atoms with Crippen molar-refractivity contribution in [1.82, 2.24) is 0 Å². The maximum Gasteiger partial charge on any atom is 0.300 e. The van der Waals surface area contributed by atoms with Gasteiger partial charge in [-0.3, -0.25) is 19.3 Å². The van der Waals surface area contributed by atoms with Gasteiger partial charge in [0.05, 0.1) is 31.4 Å². The number of aliphatic hydroxyl groups excluding tert-OH is 1. The second-order valence-electron chi connectivity index (χ2n) is 8.84. The lowest BCUT2D eigenvalue weighted by atomic mass is 9.93. The number of carbonyl (C=O) groups excluding carboxylic acids is 3. The van der Waals surface area contributed by atoms with Gasteiger partial charge >= 0.3 is 0 Å². The van der Waals surface area contributed by atoms with Gasteiger partial charge in [0.1, 0.15) is 17.3 Å². The molecular formula is C29H28N2O6. The molecule has 3 aromatic carbocycles. The third-order valence-corrected chi connectivity index (χ3v) is 6.20. The van der Waals surface area contributed by atoms with Crippen molar-refractivity contribution < 1.29 is 29.0 Å². The zero-order valence-electron chi connectivity index (χ0n) is 21.3. The van der Waals surface area contributed by atoms with Crippen LogP contribution in [0, 0.1) is 13.8 Å². The summed E-state index contributed by atoms with van der Waals surface area (Å²) in [6.07, 6.45) is 0. The van der Waals surface area contributed by atoms with Crippen molar-refractivity contribution >= 4 is 34.7 Å². The van der Waals surface area contributed by atoms with E-state index in [1.54, 1.807) is 61.7 Å². The smallest absolute Gasteiger partial charge is 0.300 e. The van der Waals surface area contributed by atoms with Crippen LogP contribution >= 0.6 is 0 Å². The average molecular weight is 501 g/mol. The molecule has 8 nitrogen and oxygen atoms in total. The molecule has 37 heavy (non-hydrogen) atoms. The highest BCUT2D eigenvalue weighted by Crippen LogP contribution is 2.44. The Labute approximate surface area is 215 Å². The molecule has 0 spiro atoms. The van der Waals surface area contributed by atoms with Gasteiger partial charge in [-0.15, -0.1) is 0 Å². The van der Waals surface area contributed by atoms with Crippen molar-refractivity contribution in [3.8, 4) is 11.5 Å². The second-order valence-corrected chi connectivity index (χ2v) is 8.84. The predicted octanol–water partition coefficient (Wildman–Crippen LogP) is 4.91. The molecule has 0 aliphatic carbocycles. The molecule has 1 heterocycles. The molecule has 1 fully saturated rings. The molecule has 0 aromatic heterocycles. The van der Waals surface area contributed by atoms with Crippen LogP contribution in [-0.2, 0) is 14.4 Å². The lowest BCUT2D eigenvalue weighted by molar-refractivity contribution is -0.132. The van der Waals surface area contributed by atoms with Crippen LogP contribution in [0.25, 0.3) is 5.76 Å². The molecule has 2 N–H and O–H groups in total. The quantitative estimate of drug-likeness (QED) is 0.283. The van der Waals surface area contributed by atoms with Crippen molar-refractivity contribution in [3.05, 3.63) is 88.5 Å². The second kappa shape index (κ2) is 10.2. The number of Topliss-reactive ketones (excluding diaryl/α,β-unsaturated/α-hetero) is 1. The van der Waals surface area contributed by atoms with Crippen molar-refractivity contribution in [1.29, 1.82) is 0 Å². The number of ether oxygens (including phenoxy) is 2. The third-order valence-electron chi connectivity index (χ3n) is 6.20. The lowest BCUT2D eigenvalue weighted by Crippen LogP contribution is -2.29. The first-order valence-corrected chi connectivity index (χ1v) is 11.6. The summed E-state index contributed by atoms with van der Waals surface area (Å²) in [7, 11) is 3.03. The highest BCUT2D eigenvalue weighted by Gasteiger charge is 2.47. The van der Waals surface area contributed by atoms with Crippen molar-refractivity contribution in [3.63, 3.8) is 0 Å². The number of benzene rings is 3. The predicted molar refractivity (Wildman–Crippen MR) is 141 cm³/mol. The lowest BCUT2D eigenvalue weighted by Gasteiger charge is -2.26. The number of ketones is 1. The van der Waals surface area contributed by atoms with Gasteiger partial charge in [0.25, 0.3) is 11.7 Å². The van der Waals surface area contributed by atoms with E-state index in [2.05, 4.69) is 5.32 Å². The first kappa shape index (κ1) is 25.5. The highest BCUT2D eigenvalue weighted by atomic mass is 16.5. The Morgan fingerprint density at radius 1 is 0.973 bits per heavy atom. The fraction of sp³-hybridized carbons (Fsp3) is 0.207. The summed E-state index contributed by atoms with van der Waals surface area (Å²) < 4.78 is 10.8. The SMILES string of the molecule is COc1ccc(C2/C(=C(\O)c3cc(C)cc(C)c3OC)C(=O)C(=O)N2c2cccc(NC(C)=O)c2)cc1. The minimum atomic E-state index is -0.941. The number of methoxy groups -OCH3 is 2. The Kier molecular flexibility index (Phi) is 7.02. The van der Waals surface area contributed by atoms with Crippen LogP contribution in [0.3, 0.4) is 0 Å². The van der Waals surface area contributed by atoms with Gasteiger partial charge in [0.2, 0.25) is 5.91 Å². The molecular weight excluding hydrogens is 472 g/mol. The molecule has 190 valence electrons. The van der Waals surface area contributed by atoms with Gasteiger partial charge in [-0.1, -0.05) is 24.3 Å². The summed E-state index contributed by atoms with van der Waals surface area (Å²) in [6.45, 7) is 5.10. The molecule has 1 unspecified atom stereocenters. The summed E-state index contributed by atoms with van der Waals surface area (Å²) >= 11 is 0. The Hall–Kier alpha value is -4.59. The number of rotatable bonds is 6. The van der Waals surface area contributed by atoms with Crippen LogP contribution in [0.15, 0.2) is 66.2 Å². The number of nitrogens with zero attached hydrogens (tertiary/aromatic N) is 1. The van der Waals surface area contributed by atoms with E-state index < -0.39 is 17.7 Å². The zero-order chi connectivity index (χ0) is 26.9. The summed E-state index contributed by atoms with van der Waals surface area (Å²) in [5, 5.41) is 14.3. The summed E-state index contributed by atoms with van der Waals surface area (Å²) in [6, 6.07) is 16.3. The first-order chi connectivity index (χ1) is 17.7. The van der Waals surface area contributed by atoms with E-state index in [0.717, 1.165) is 11.1 Å². The van der Waals surface area contributed by atoms with Crippen LogP contribution in [0.4, 0.5) is 11.4 Å². The van der Waals surface area contributed by atoms with Gasteiger partial charge in [-0.2, -0.15) is 0 Å². The van der Waals surface area contributed by atoms with Crippen LogP contribution in [0.1, 0.15) is 35.2 Å². The number of hydrogen-bond donors (Lipinski definition) is 2. The third kappa shape index (κ3) is 4.78. The number of carbonyl (C=O) groups is 3. The van der Waals surface area contributed by atoms with Gasteiger partial charge in [-0.25, -0.2) is 0 Å². The van der Waals surface area contributed by atoms with Crippen molar-refractivity contribution in [2.75, 3.05) is 24.4 Å². The largest absolute Gasteiger partial charge is 0.507 e. The fourth-order valence-electron chi connectivity index (χ4n) is 4.68. The van der Waals surface area contributed by atoms with Gasteiger partial charge in [0, 0.05) is 18.3 Å². The molecule has 1 aliphatic heterocycles. The minimum absolute atomic E-state index is 0.0663. The summed E-state index contributed by atoms with van der Waals surface area (Å²) in [5.41, 5.74) is 3.35. The standard InChI is InChI=1S/C29H28N2O6/c1-16-13-17(2)28(37-5)23(14-16)26(33)24-25(19-9-11-22(36-4)12-10-19)31(29(35)27(24)34)21-8-6-7-20(15-21)30-18(3)32/h6-15,25,33H,1-5H3,(H,30,32)/b26-24+. The maximum absolute atomic E-state index is 13.5. The van der Waals surface area contributed by atoms with Crippen LogP contribution in [0.5, 0.6) is 11.5 Å². The number of aliphatic hydroxyl groups is 1.